The number of carbonyl (C=O) groups is 2. The number of urea groups is 1. The summed E-state index contributed by atoms with van der Waals surface area (Å²) in [7, 11) is 0. The second-order valence-electron chi connectivity index (χ2n) is 6.09. The molecule has 0 atom stereocenters. The number of pyridine rings is 1. The van der Waals surface area contributed by atoms with Crippen LogP contribution < -0.4 is 11.1 Å². The fourth-order valence-electron chi connectivity index (χ4n) is 2.98. The fourth-order valence-corrected chi connectivity index (χ4v) is 2.98. The van der Waals surface area contributed by atoms with Crippen LogP contribution in [0.1, 0.15) is 23.2 Å². The number of carbonyl (C=O) groups excluding carboxylic acids is 2. The Balaban J connectivity index is 1.47. The van der Waals surface area contributed by atoms with Gasteiger partial charge in [-0.15, -0.1) is 0 Å². The van der Waals surface area contributed by atoms with Gasteiger partial charge in [0.2, 0.25) is 0 Å². The molecule has 8 heteroatoms. The van der Waals surface area contributed by atoms with Crippen LogP contribution in [0.5, 0.6) is 0 Å². The third-order valence-electron chi connectivity index (χ3n) is 4.43. The molecule has 0 aromatic carbocycles. The number of nitrogen functional groups attached to an aromatic ring is 1. The van der Waals surface area contributed by atoms with E-state index in [2.05, 4.69) is 10.3 Å². The van der Waals surface area contributed by atoms with Gasteiger partial charge < -0.3 is 25.6 Å². The molecule has 2 aliphatic heterocycles. The zero-order chi connectivity index (χ0) is 16.9. The monoisotopic (exact) mass is 333 g/mol. The van der Waals surface area contributed by atoms with Crippen molar-refractivity contribution < 1.29 is 14.3 Å². The third kappa shape index (κ3) is 3.94. The number of likely N-dealkylation sites (tertiary alicyclic amines) is 1. The number of morpholine rings is 1. The lowest BCUT2D eigenvalue weighted by molar-refractivity contribution is 0.0407. The molecule has 1 aromatic rings. The summed E-state index contributed by atoms with van der Waals surface area (Å²) in [6.45, 7) is 3.82. The number of nitrogens with one attached hydrogen (secondary N) is 1. The van der Waals surface area contributed by atoms with Gasteiger partial charge in [0.15, 0.2) is 0 Å². The fraction of sp³-hybridized carbons (Fsp3) is 0.562. The first-order chi connectivity index (χ1) is 11.6. The molecule has 8 nitrogen and oxygen atoms in total. The predicted molar refractivity (Wildman–Crippen MR) is 88.5 cm³/mol. The summed E-state index contributed by atoms with van der Waals surface area (Å²) in [5.41, 5.74) is 6.02. The summed E-state index contributed by atoms with van der Waals surface area (Å²) in [4.78, 5) is 32.2. The highest BCUT2D eigenvalue weighted by molar-refractivity contribution is 5.94. The minimum Gasteiger partial charge on any atom is -0.384 e. The Morgan fingerprint density at radius 1 is 1.12 bits per heavy atom. The highest BCUT2D eigenvalue weighted by atomic mass is 16.5. The van der Waals surface area contributed by atoms with Gasteiger partial charge in [-0.1, -0.05) is 0 Å². The summed E-state index contributed by atoms with van der Waals surface area (Å²) < 4.78 is 5.27. The van der Waals surface area contributed by atoms with Crippen LogP contribution in [0.4, 0.5) is 10.6 Å². The summed E-state index contributed by atoms with van der Waals surface area (Å²) >= 11 is 0. The highest BCUT2D eigenvalue weighted by Gasteiger charge is 2.28. The van der Waals surface area contributed by atoms with Gasteiger partial charge in [0.1, 0.15) is 5.82 Å². The molecule has 2 aliphatic rings. The molecule has 24 heavy (non-hydrogen) atoms. The van der Waals surface area contributed by atoms with Crippen LogP contribution >= 0.6 is 0 Å². The minimum atomic E-state index is -0.152. The molecular weight excluding hydrogens is 310 g/mol. The molecule has 0 saturated carbocycles. The van der Waals surface area contributed by atoms with Crippen molar-refractivity contribution in [2.45, 2.75) is 18.9 Å². The summed E-state index contributed by atoms with van der Waals surface area (Å²) in [6, 6.07) is 3.42. The van der Waals surface area contributed by atoms with Gasteiger partial charge in [0, 0.05) is 38.4 Å². The molecule has 0 unspecified atom stereocenters. The van der Waals surface area contributed by atoms with Crippen molar-refractivity contribution in [1.82, 2.24) is 20.1 Å². The number of ether oxygens (including phenoxy) is 1. The van der Waals surface area contributed by atoms with Gasteiger partial charge in [0.05, 0.1) is 18.8 Å². The van der Waals surface area contributed by atoms with E-state index in [0.29, 0.717) is 50.8 Å². The van der Waals surface area contributed by atoms with E-state index in [4.69, 9.17) is 10.5 Å². The van der Waals surface area contributed by atoms with Gasteiger partial charge in [0.25, 0.3) is 5.91 Å². The lowest BCUT2D eigenvalue weighted by Gasteiger charge is -2.37. The number of piperidine rings is 1. The van der Waals surface area contributed by atoms with Crippen LogP contribution in [-0.4, -0.2) is 72.2 Å². The molecule has 3 heterocycles. The van der Waals surface area contributed by atoms with Crippen molar-refractivity contribution in [3.8, 4) is 0 Å². The number of aromatic nitrogens is 1. The molecule has 2 saturated heterocycles. The standard InChI is InChI=1S/C16H23N5O3/c17-14-2-1-12(11-18-14)15(22)19-13-3-5-20(6-4-13)16(23)21-7-9-24-10-8-21/h1-2,11,13H,3-10H2,(H2,17,18)(H,19,22). The SMILES string of the molecule is Nc1ccc(C(=O)NC2CCN(C(=O)N3CCOCC3)CC2)cn1. The number of anilines is 1. The predicted octanol–water partition coefficient (Wildman–Crippen LogP) is 0.310. The highest BCUT2D eigenvalue weighted by Crippen LogP contribution is 2.14. The van der Waals surface area contributed by atoms with Crippen molar-refractivity contribution >= 4 is 17.8 Å². The molecule has 3 amide bonds. The van der Waals surface area contributed by atoms with Crippen LogP contribution in [0.15, 0.2) is 18.3 Å². The number of rotatable bonds is 2. The maximum absolute atomic E-state index is 12.4. The Hall–Kier alpha value is -2.35. The smallest absolute Gasteiger partial charge is 0.320 e. The quantitative estimate of drug-likeness (QED) is 0.811. The summed E-state index contributed by atoms with van der Waals surface area (Å²) in [5.74, 6) is 0.238. The molecule has 0 radical (unpaired) electrons. The van der Waals surface area contributed by atoms with Crippen molar-refractivity contribution in [2.24, 2.45) is 0 Å². The first-order valence-corrected chi connectivity index (χ1v) is 8.27. The van der Waals surface area contributed by atoms with Gasteiger partial charge in [-0.3, -0.25) is 4.79 Å². The second kappa shape index (κ2) is 7.48. The summed E-state index contributed by atoms with van der Waals surface area (Å²) in [6.07, 6.45) is 2.98. The Bertz CT molecular complexity index is 578. The van der Waals surface area contributed by atoms with E-state index in [0.717, 1.165) is 12.8 Å². The number of nitrogens with zero attached hydrogens (tertiary/aromatic N) is 3. The Morgan fingerprint density at radius 2 is 1.79 bits per heavy atom. The van der Waals surface area contributed by atoms with Gasteiger partial charge in [-0.25, -0.2) is 9.78 Å². The van der Waals surface area contributed by atoms with E-state index < -0.39 is 0 Å². The number of hydrogen-bond donors (Lipinski definition) is 2. The van der Waals surface area contributed by atoms with Crippen molar-refractivity contribution in [3.05, 3.63) is 23.9 Å². The normalized spacial score (nSPS) is 19.2. The van der Waals surface area contributed by atoms with E-state index in [-0.39, 0.29) is 18.0 Å². The van der Waals surface area contributed by atoms with Crippen LogP contribution in [0.25, 0.3) is 0 Å². The average Bonchev–Trinajstić information content (AvgIpc) is 2.63. The van der Waals surface area contributed by atoms with E-state index in [1.807, 2.05) is 9.80 Å². The van der Waals surface area contributed by atoms with Crippen LogP contribution in [0, 0.1) is 0 Å². The first kappa shape index (κ1) is 16.5. The Labute approximate surface area is 140 Å². The molecule has 1 aromatic heterocycles. The van der Waals surface area contributed by atoms with Crippen molar-refractivity contribution in [2.75, 3.05) is 45.1 Å². The molecule has 130 valence electrons. The zero-order valence-electron chi connectivity index (χ0n) is 13.6. The zero-order valence-corrected chi connectivity index (χ0v) is 13.6. The van der Waals surface area contributed by atoms with Crippen molar-refractivity contribution in [1.29, 1.82) is 0 Å². The topological polar surface area (TPSA) is 101 Å². The minimum absolute atomic E-state index is 0.0730. The maximum atomic E-state index is 12.4. The third-order valence-corrected chi connectivity index (χ3v) is 4.43. The lowest BCUT2D eigenvalue weighted by atomic mass is 10.0. The molecule has 0 spiro atoms. The largest absolute Gasteiger partial charge is 0.384 e. The van der Waals surface area contributed by atoms with Crippen molar-refractivity contribution in [3.63, 3.8) is 0 Å². The van der Waals surface area contributed by atoms with E-state index >= 15 is 0 Å². The molecule has 3 rings (SSSR count). The second-order valence-corrected chi connectivity index (χ2v) is 6.09. The number of hydrogen-bond acceptors (Lipinski definition) is 5. The lowest BCUT2D eigenvalue weighted by Crippen LogP contribution is -2.52. The average molecular weight is 333 g/mol. The molecule has 3 N–H and O–H groups in total. The number of amides is 3. The van der Waals surface area contributed by atoms with Gasteiger partial charge in [-0.2, -0.15) is 0 Å². The van der Waals surface area contributed by atoms with Crippen LogP contribution in [0.2, 0.25) is 0 Å². The van der Waals surface area contributed by atoms with E-state index in [1.165, 1.54) is 6.20 Å². The Morgan fingerprint density at radius 3 is 2.42 bits per heavy atom. The molecule has 0 bridgehead atoms. The first-order valence-electron chi connectivity index (χ1n) is 8.27. The van der Waals surface area contributed by atoms with E-state index in [1.54, 1.807) is 12.1 Å². The van der Waals surface area contributed by atoms with Gasteiger partial charge in [-0.05, 0) is 25.0 Å². The van der Waals surface area contributed by atoms with Gasteiger partial charge >= 0.3 is 6.03 Å². The van der Waals surface area contributed by atoms with Crippen LogP contribution in [0.3, 0.4) is 0 Å². The maximum Gasteiger partial charge on any atom is 0.320 e. The van der Waals surface area contributed by atoms with Crippen LogP contribution in [-0.2, 0) is 4.74 Å². The number of nitrogens with two attached hydrogens (primary N) is 1. The molecule has 2 fully saturated rings. The summed E-state index contributed by atoms with van der Waals surface area (Å²) in [5, 5.41) is 3.00. The molecular formula is C16H23N5O3. The van der Waals surface area contributed by atoms with E-state index in [9.17, 15) is 9.59 Å². The Kier molecular flexibility index (Phi) is 5.14. The molecule has 0 aliphatic carbocycles.